The first-order valence-corrected chi connectivity index (χ1v) is 9.88. The number of aromatic amines is 1. The molecule has 0 radical (unpaired) electrons. The number of nitrogens with zero attached hydrogens (tertiary/aromatic N) is 3. The van der Waals surface area contributed by atoms with Gasteiger partial charge in [-0.05, 0) is 22.8 Å². The molecule has 3 heterocycles. The third-order valence-electron chi connectivity index (χ3n) is 5.44. The summed E-state index contributed by atoms with van der Waals surface area (Å²) in [6.45, 7) is -0.505. The van der Waals surface area contributed by atoms with Gasteiger partial charge >= 0.3 is 0 Å². The van der Waals surface area contributed by atoms with Crippen molar-refractivity contribution in [2.24, 2.45) is 0 Å². The van der Waals surface area contributed by atoms with Crippen molar-refractivity contribution in [1.29, 1.82) is 0 Å². The van der Waals surface area contributed by atoms with Crippen LogP contribution in [-0.2, 0) is 4.74 Å². The predicted molar refractivity (Wildman–Crippen MR) is 115 cm³/mol. The van der Waals surface area contributed by atoms with Crippen LogP contribution in [0.5, 0.6) is 0 Å². The highest BCUT2D eigenvalue weighted by Crippen LogP contribution is 2.32. The normalized spacial score (nSPS) is 22.8. The average Bonchev–Trinajstić information content (AvgIpc) is 3.29. The fraction of sp³-hybridized carbons (Fsp3) is 0.227. The lowest BCUT2D eigenvalue weighted by Crippen LogP contribution is -2.33. The minimum absolute atomic E-state index is 0.0424. The van der Waals surface area contributed by atoms with Crippen molar-refractivity contribution < 1.29 is 20.1 Å². The summed E-state index contributed by atoms with van der Waals surface area (Å²) in [7, 11) is 0. The lowest BCUT2D eigenvalue weighted by molar-refractivity contribution is -0.0514. The number of hydrogen-bond acceptors (Lipinski definition) is 8. The number of ether oxygens (including phenoxy) is 1. The van der Waals surface area contributed by atoms with Gasteiger partial charge < -0.3 is 25.8 Å². The van der Waals surface area contributed by atoms with Gasteiger partial charge in [-0.25, -0.2) is 4.98 Å². The largest absolute Gasteiger partial charge is 0.394 e. The van der Waals surface area contributed by atoms with E-state index in [1.54, 1.807) is 0 Å². The molecule has 4 atom stereocenters. The van der Waals surface area contributed by atoms with Gasteiger partial charge in [0.2, 0.25) is 5.95 Å². The predicted octanol–water partition coefficient (Wildman–Crippen LogP) is -0.134. The van der Waals surface area contributed by atoms with Gasteiger partial charge in [0.25, 0.3) is 5.56 Å². The molecule has 1 saturated heterocycles. The van der Waals surface area contributed by atoms with Crippen LogP contribution in [0.25, 0.3) is 21.9 Å². The number of imidazole rings is 1. The molecule has 32 heavy (non-hydrogen) atoms. The van der Waals surface area contributed by atoms with Crippen molar-refractivity contribution in [3.05, 3.63) is 64.2 Å². The van der Waals surface area contributed by atoms with E-state index in [0.717, 1.165) is 16.3 Å². The number of aromatic nitrogens is 4. The van der Waals surface area contributed by atoms with Crippen LogP contribution in [-0.4, -0.2) is 59.8 Å². The zero-order valence-electron chi connectivity index (χ0n) is 16.6. The third kappa shape index (κ3) is 3.21. The summed E-state index contributed by atoms with van der Waals surface area (Å²) in [5.41, 5.74) is 5.87. The Balaban J connectivity index is 1.71. The fourth-order valence-corrected chi connectivity index (χ4v) is 3.88. The van der Waals surface area contributed by atoms with Crippen molar-refractivity contribution in [2.75, 3.05) is 12.3 Å². The van der Waals surface area contributed by atoms with Crippen LogP contribution >= 0.6 is 0 Å². The summed E-state index contributed by atoms with van der Waals surface area (Å²) in [6.07, 6.45) is -4.96. The maximum Gasteiger partial charge on any atom is 0.280 e. The van der Waals surface area contributed by atoms with Crippen molar-refractivity contribution in [3.63, 3.8) is 0 Å². The number of benzene rings is 2. The maximum atomic E-state index is 12.4. The zero-order valence-corrected chi connectivity index (χ0v) is 16.6. The van der Waals surface area contributed by atoms with Crippen molar-refractivity contribution in [1.82, 2.24) is 19.5 Å². The molecular weight excluding hydrogens is 414 g/mol. The number of fused-ring (bicyclic) bond motifs is 2. The molecule has 2 aromatic carbocycles. The number of aliphatic hydroxyl groups is 3. The van der Waals surface area contributed by atoms with Crippen LogP contribution in [0.1, 0.15) is 17.6 Å². The Labute approximate surface area is 180 Å². The lowest BCUT2D eigenvalue weighted by atomic mass is 10.1. The minimum atomic E-state index is -1.41. The van der Waals surface area contributed by atoms with Crippen molar-refractivity contribution in [2.45, 2.75) is 24.5 Å². The first-order chi connectivity index (χ1) is 15.5. The van der Waals surface area contributed by atoms with E-state index in [9.17, 15) is 20.1 Å². The van der Waals surface area contributed by atoms with Gasteiger partial charge in [-0.1, -0.05) is 42.3 Å². The molecule has 0 saturated carbocycles. The summed E-state index contributed by atoms with van der Waals surface area (Å²) < 4.78 is 6.96. The van der Waals surface area contributed by atoms with Crippen LogP contribution in [0.4, 0.5) is 5.95 Å². The van der Waals surface area contributed by atoms with Crippen LogP contribution < -0.4 is 11.3 Å². The van der Waals surface area contributed by atoms with E-state index in [-0.39, 0.29) is 22.9 Å². The highest BCUT2D eigenvalue weighted by molar-refractivity contribution is 5.88. The Hall–Kier alpha value is -3.75. The molecule has 0 bridgehead atoms. The quantitative estimate of drug-likeness (QED) is 0.273. The average molecular weight is 433 g/mol. The standard InChI is InChI=1S/C22H19N5O5/c23-22-25-19-16(20(31)26-22)24-15(27(19)21-18(30)17(29)14(10-28)32-21)9-8-12-6-3-5-11-4-1-2-7-13(11)12/h1-7,14,17-18,21,28-30H,10H2,(H3,23,25,26,31). The van der Waals surface area contributed by atoms with Crippen LogP contribution in [0.15, 0.2) is 47.3 Å². The van der Waals surface area contributed by atoms with Crippen molar-refractivity contribution in [3.8, 4) is 11.8 Å². The van der Waals surface area contributed by atoms with E-state index in [1.165, 1.54) is 4.57 Å². The second-order valence-corrected chi connectivity index (χ2v) is 7.43. The Morgan fingerprint density at radius 1 is 1.09 bits per heavy atom. The molecule has 0 aliphatic carbocycles. The molecule has 0 amide bonds. The van der Waals surface area contributed by atoms with Gasteiger partial charge in [0.1, 0.15) is 18.3 Å². The number of hydrogen-bond donors (Lipinski definition) is 5. The van der Waals surface area contributed by atoms with Crippen molar-refractivity contribution >= 4 is 27.9 Å². The summed E-state index contributed by atoms with van der Waals surface area (Å²) in [5, 5.41) is 32.2. The Kier molecular flexibility index (Phi) is 4.88. The van der Waals surface area contributed by atoms with E-state index in [2.05, 4.69) is 26.8 Å². The Bertz CT molecular complexity index is 1440. The van der Waals surface area contributed by atoms with E-state index in [0.29, 0.717) is 0 Å². The number of aliphatic hydroxyl groups excluding tert-OH is 3. The molecular formula is C22H19N5O5. The van der Waals surface area contributed by atoms with E-state index in [4.69, 9.17) is 10.5 Å². The van der Waals surface area contributed by atoms with Gasteiger partial charge in [-0.15, -0.1) is 0 Å². The van der Waals surface area contributed by atoms with Crippen LogP contribution in [0.2, 0.25) is 0 Å². The molecule has 4 unspecified atom stereocenters. The molecule has 5 rings (SSSR count). The molecule has 6 N–H and O–H groups in total. The number of anilines is 1. The molecule has 10 nitrogen and oxygen atoms in total. The smallest absolute Gasteiger partial charge is 0.280 e. The minimum Gasteiger partial charge on any atom is -0.394 e. The van der Waals surface area contributed by atoms with Gasteiger partial charge in [-0.2, -0.15) is 4.98 Å². The zero-order chi connectivity index (χ0) is 22.4. The molecule has 162 valence electrons. The molecule has 10 heteroatoms. The third-order valence-corrected chi connectivity index (χ3v) is 5.44. The molecule has 2 aromatic heterocycles. The number of nitrogens with one attached hydrogen (secondary N) is 1. The highest BCUT2D eigenvalue weighted by Gasteiger charge is 2.45. The van der Waals surface area contributed by atoms with Gasteiger partial charge in [0.05, 0.1) is 6.61 Å². The Morgan fingerprint density at radius 2 is 1.88 bits per heavy atom. The number of nitrogens with two attached hydrogens (primary N) is 1. The fourth-order valence-electron chi connectivity index (χ4n) is 3.88. The van der Waals surface area contributed by atoms with E-state index >= 15 is 0 Å². The van der Waals surface area contributed by atoms with E-state index < -0.39 is 36.7 Å². The number of rotatable bonds is 2. The Morgan fingerprint density at radius 3 is 2.66 bits per heavy atom. The SMILES string of the molecule is Nc1nc2c(nc(C#Cc3cccc4ccccc34)n2C2OC(CO)C(O)C2O)c(=O)[nH]1. The summed E-state index contributed by atoms with van der Waals surface area (Å²) in [4.78, 5) is 23.2. The summed E-state index contributed by atoms with van der Waals surface area (Å²) in [5.74, 6) is 5.94. The van der Waals surface area contributed by atoms with Gasteiger partial charge in [0.15, 0.2) is 23.2 Å². The molecule has 1 aliphatic rings. The molecule has 1 fully saturated rings. The molecule has 4 aromatic rings. The topological polar surface area (TPSA) is 160 Å². The second-order valence-electron chi connectivity index (χ2n) is 7.43. The first-order valence-electron chi connectivity index (χ1n) is 9.88. The summed E-state index contributed by atoms with van der Waals surface area (Å²) >= 11 is 0. The van der Waals surface area contributed by atoms with E-state index in [1.807, 2.05) is 42.5 Å². The lowest BCUT2D eigenvalue weighted by Gasteiger charge is -2.17. The number of nitrogen functional groups attached to an aromatic ring is 1. The van der Waals surface area contributed by atoms with Crippen LogP contribution in [0.3, 0.4) is 0 Å². The monoisotopic (exact) mass is 433 g/mol. The molecule has 1 aliphatic heterocycles. The summed E-state index contributed by atoms with van der Waals surface area (Å²) in [6, 6.07) is 13.5. The number of H-pyrrole nitrogens is 1. The van der Waals surface area contributed by atoms with Crippen LogP contribution in [0, 0.1) is 11.8 Å². The first kappa shape index (κ1) is 20.2. The highest BCUT2D eigenvalue weighted by atomic mass is 16.6. The van der Waals surface area contributed by atoms with Gasteiger partial charge in [0, 0.05) is 5.56 Å². The maximum absolute atomic E-state index is 12.4. The van der Waals surface area contributed by atoms with Gasteiger partial charge in [-0.3, -0.25) is 14.3 Å². The second kappa shape index (κ2) is 7.74. The molecule has 0 spiro atoms.